The minimum Gasteiger partial charge on any atom is -0.306 e. The van der Waals surface area contributed by atoms with E-state index >= 15 is 0 Å². The van der Waals surface area contributed by atoms with Gasteiger partial charge in [-0.1, -0.05) is 29.8 Å². The summed E-state index contributed by atoms with van der Waals surface area (Å²) in [5.74, 6) is 0. The number of halogens is 1. The minimum atomic E-state index is -0.957. The minimum absolute atomic E-state index is 0.285. The Labute approximate surface area is 99.8 Å². The molecule has 1 N–H and O–H groups in total. The number of nitrogens with one attached hydrogen (secondary N) is 1. The summed E-state index contributed by atoms with van der Waals surface area (Å²) in [6.07, 6.45) is 0. The van der Waals surface area contributed by atoms with Crippen LogP contribution in [0.25, 0.3) is 0 Å². The molecule has 1 aromatic carbocycles. The van der Waals surface area contributed by atoms with Crippen molar-refractivity contribution >= 4 is 11.6 Å². The van der Waals surface area contributed by atoms with Gasteiger partial charge in [0.1, 0.15) is 0 Å². The van der Waals surface area contributed by atoms with Crippen molar-refractivity contribution in [3.63, 3.8) is 0 Å². The number of hydrogen-bond donors (Lipinski definition) is 1. The third-order valence-electron chi connectivity index (χ3n) is 2.33. The first-order chi connectivity index (χ1) is 7.43. The molecule has 0 heterocycles. The van der Waals surface area contributed by atoms with Crippen molar-refractivity contribution in [2.24, 2.45) is 0 Å². The lowest BCUT2D eigenvalue weighted by Crippen LogP contribution is -2.41. The maximum absolute atomic E-state index is 10.7. The average molecular weight is 243 g/mol. The lowest BCUT2D eigenvalue weighted by molar-refractivity contribution is -0.558. The van der Waals surface area contributed by atoms with Crippen LogP contribution in [0.3, 0.4) is 0 Å². The average Bonchev–Trinajstić information content (AvgIpc) is 2.20. The van der Waals surface area contributed by atoms with Gasteiger partial charge in [0.05, 0.1) is 6.54 Å². The third-order valence-corrected chi connectivity index (χ3v) is 2.69. The molecule has 0 atom stereocenters. The molecule has 0 fully saturated rings. The van der Waals surface area contributed by atoms with Gasteiger partial charge in [-0.3, -0.25) is 10.1 Å². The van der Waals surface area contributed by atoms with Gasteiger partial charge in [-0.15, -0.1) is 0 Å². The summed E-state index contributed by atoms with van der Waals surface area (Å²) >= 11 is 5.96. The second kappa shape index (κ2) is 5.27. The summed E-state index contributed by atoms with van der Waals surface area (Å²) in [4.78, 5) is 10.4. The Kier molecular flexibility index (Phi) is 4.26. The van der Waals surface area contributed by atoms with Crippen molar-refractivity contribution < 1.29 is 4.92 Å². The Balaban J connectivity index is 2.48. The number of hydrogen-bond acceptors (Lipinski definition) is 3. The Morgan fingerprint density at radius 2 is 2.06 bits per heavy atom. The predicted molar refractivity (Wildman–Crippen MR) is 64.2 cm³/mol. The molecule has 0 aliphatic rings. The van der Waals surface area contributed by atoms with Crippen LogP contribution < -0.4 is 5.32 Å². The maximum Gasteiger partial charge on any atom is 0.229 e. The fourth-order valence-corrected chi connectivity index (χ4v) is 1.41. The van der Waals surface area contributed by atoms with Crippen LogP contribution in [0.5, 0.6) is 0 Å². The van der Waals surface area contributed by atoms with Crippen molar-refractivity contribution in [2.45, 2.75) is 25.9 Å². The van der Waals surface area contributed by atoms with Gasteiger partial charge < -0.3 is 5.32 Å². The van der Waals surface area contributed by atoms with E-state index in [2.05, 4.69) is 5.32 Å². The normalized spacial score (nSPS) is 11.4. The van der Waals surface area contributed by atoms with Gasteiger partial charge in [-0.2, -0.15) is 0 Å². The predicted octanol–water partition coefficient (Wildman–Crippen LogP) is 2.48. The summed E-state index contributed by atoms with van der Waals surface area (Å²) in [6.45, 7) is 4.03. The quantitative estimate of drug-likeness (QED) is 0.638. The molecule has 16 heavy (non-hydrogen) atoms. The molecule has 5 heteroatoms. The van der Waals surface area contributed by atoms with Crippen LogP contribution in [0.4, 0.5) is 0 Å². The SMILES string of the molecule is CC(C)(CNCc1ccccc1Cl)[N+](=O)[O-]. The first-order valence-corrected chi connectivity index (χ1v) is 5.40. The Morgan fingerprint density at radius 3 is 2.62 bits per heavy atom. The standard InChI is InChI=1S/C11H15ClN2O2/c1-11(2,14(15)16)8-13-7-9-5-3-4-6-10(9)12/h3-6,13H,7-8H2,1-2H3. The first-order valence-electron chi connectivity index (χ1n) is 5.02. The van der Waals surface area contributed by atoms with Gasteiger partial charge in [0.15, 0.2) is 0 Å². The molecule has 0 unspecified atom stereocenters. The van der Waals surface area contributed by atoms with Crippen molar-refractivity contribution in [1.82, 2.24) is 5.32 Å². The fraction of sp³-hybridized carbons (Fsp3) is 0.455. The third kappa shape index (κ3) is 3.47. The molecule has 0 saturated heterocycles. The van der Waals surface area contributed by atoms with E-state index in [-0.39, 0.29) is 4.92 Å². The first kappa shape index (κ1) is 12.9. The Bertz CT molecular complexity index is 380. The van der Waals surface area contributed by atoms with E-state index in [1.54, 1.807) is 19.9 Å². The van der Waals surface area contributed by atoms with Gasteiger partial charge in [0.2, 0.25) is 5.54 Å². The molecule has 0 amide bonds. The number of nitro groups is 1. The molecular weight excluding hydrogens is 228 g/mol. The van der Waals surface area contributed by atoms with E-state index in [1.165, 1.54) is 0 Å². The number of nitrogens with zero attached hydrogens (tertiary/aromatic N) is 1. The molecule has 0 aromatic heterocycles. The lowest BCUT2D eigenvalue weighted by atomic mass is 10.1. The largest absolute Gasteiger partial charge is 0.306 e. The van der Waals surface area contributed by atoms with Crippen LogP contribution in [0.1, 0.15) is 19.4 Å². The smallest absolute Gasteiger partial charge is 0.229 e. The van der Waals surface area contributed by atoms with Crippen LogP contribution in [0.2, 0.25) is 5.02 Å². The lowest BCUT2D eigenvalue weighted by Gasteiger charge is -2.16. The second-order valence-corrected chi connectivity index (χ2v) is 4.67. The highest BCUT2D eigenvalue weighted by Crippen LogP contribution is 2.14. The van der Waals surface area contributed by atoms with E-state index in [0.717, 1.165) is 5.56 Å². The zero-order chi connectivity index (χ0) is 12.2. The van der Waals surface area contributed by atoms with Gasteiger partial charge in [-0.05, 0) is 11.6 Å². The molecule has 0 bridgehead atoms. The molecule has 0 aliphatic carbocycles. The topological polar surface area (TPSA) is 55.2 Å². The van der Waals surface area contributed by atoms with E-state index in [0.29, 0.717) is 18.1 Å². The molecule has 0 aliphatic heterocycles. The van der Waals surface area contributed by atoms with Crippen LogP contribution in [-0.4, -0.2) is 17.0 Å². The summed E-state index contributed by atoms with van der Waals surface area (Å²) in [5.41, 5.74) is -0.00957. The van der Waals surface area contributed by atoms with Crippen molar-refractivity contribution in [2.75, 3.05) is 6.54 Å². The molecule has 0 spiro atoms. The molecule has 88 valence electrons. The van der Waals surface area contributed by atoms with Gasteiger partial charge in [-0.25, -0.2) is 0 Å². The molecule has 4 nitrogen and oxygen atoms in total. The van der Waals surface area contributed by atoms with Crippen LogP contribution in [-0.2, 0) is 6.54 Å². The van der Waals surface area contributed by atoms with Gasteiger partial charge in [0, 0.05) is 30.3 Å². The number of rotatable bonds is 5. The van der Waals surface area contributed by atoms with Crippen molar-refractivity contribution in [3.05, 3.63) is 45.0 Å². The molecule has 1 aromatic rings. The summed E-state index contributed by atoms with van der Waals surface area (Å²) < 4.78 is 0. The highest BCUT2D eigenvalue weighted by atomic mass is 35.5. The van der Waals surface area contributed by atoms with E-state index < -0.39 is 5.54 Å². The van der Waals surface area contributed by atoms with Gasteiger partial charge >= 0.3 is 0 Å². The molecule has 1 rings (SSSR count). The van der Waals surface area contributed by atoms with E-state index in [1.807, 2.05) is 18.2 Å². The monoisotopic (exact) mass is 242 g/mol. The van der Waals surface area contributed by atoms with Crippen molar-refractivity contribution in [3.8, 4) is 0 Å². The molecular formula is C11H15ClN2O2. The highest BCUT2D eigenvalue weighted by Gasteiger charge is 2.29. The van der Waals surface area contributed by atoms with Crippen molar-refractivity contribution in [1.29, 1.82) is 0 Å². The Morgan fingerprint density at radius 1 is 1.44 bits per heavy atom. The van der Waals surface area contributed by atoms with Gasteiger partial charge in [0.25, 0.3) is 0 Å². The second-order valence-electron chi connectivity index (χ2n) is 4.26. The van der Waals surface area contributed by atoms with E-state index in [4.69, 9.17) is 11.6 Å². The summed E-state index contributed by atoms with van der Waals surface area (Å²) in [5, 5.41) is 14.4. The number of benzene rings is 1. The zero-order valence-electron chi connectivity index (χ0n) is 9.37. The Hall–Kier alpha value is -1.13. The van der Waals surface area contributed by atoms with E-state index in [9.17, 15) is 10.1 Å². The van der Waals surface area contributed by atoms with Crippen LogP contribution in [0.15, 0.2) is 24.3 Å². The zero-order valence-corrected chi connectivity index (χ0v) is 10.1. The highest BCUT2D eigenvalue weighted by molar-refractivity contribution is 6.31. The maximum atomic E-state index is 10.7. The summed E-state index contributed by atoms with van der Waals surface area (Å²) in [6, 6.07) is 7.44. The molecule has 0 radical (unpaired) electrons. The van der Waals surface area contributed by atoms with Crippen LogP contribution >= 0.6 is 11.6 Å². The molecule has 0 saturated carbocycles. The van der Waals surface area contributed by atoms with Crippen LogP contribution in [0, 0.1) is 10.1 Å². The fourth-order valence-electron chi connectivity index (χ4n) is 1.21. The summed E-state index contributed by atoms with van der Waals surface area (Å²) in [7, 11) is 0.